The van der Waals surface area contributed by atoms with Crippen molar-refractivity contribution in [2.45, 2.75) is 38.8 Å². The van der Waals surface area contributed by atoms with E-state index in [1.807, 2.05) is 30.1 Å². The number of hydrogen-bond acceptors (Lipinski definition) is 5. The van der Waals surface area contributed by atoms with Crippen LogP contribution in [0.25, 0.3) is 0 Å². The third kappa shape index (κ3) is 5.65. The second-order valence-corrected chi connectivity index (χ2v) is 6.07. The topological polar surface area (TPSA) is 62.4 Å². The molecule has 2 aromatic rings. The molecule has 0 amide bonds. The van der Waals surface area contributed by atoms with Crippen LogP contribution in [0, 0.1) is 0 Å². The van der Waals surface area contributed by atoms with Gasteiger partial charge in [0, 0.05) is 13.0 Å². The molecule has 21 heavy (non-hydrogen) atoms. The maximum Gasteiger partial charge on any atom is 0.240 e. The molecule has 1 aromatic heterocycles. The van der Waals surface area contributed by atoms with E-state index in [1.54, 1.807) is 13.8 Å². The maximum absolute atomic E-state index is 9.77. The van der Waals surface area contributed by atoms with Crippen molar-refractivity contribution in [3.8, 4) is 0 Å². The van der Waals surface area contributed by atoms with E-state index in [0.717, 1.165) is 18.7 Å². The van der Waals surface area contributed by atoms with Gasteiger partial charge in [-0.25, -0.2) is 0 Å². The van der Waals surface area contributed by atoms with Crippen molar-refractivity contribution < 1.29 is 9.63 Å². The Hall–Kier alpha value is -1.72. The Morgan fingerprint density at radius 2 is 1.90 bits per heavy atom. The van der Waals surface area contributed by atoms with Crippen molar-refractivity contribution in [1.82, 2.24) is 15.0 Å². The molecule has 1 aromatic carbocycles. The molecule has 0 bridgehead atoms. The van der Waals surface area contributed by atoms with Crippen LogP contribution in [-0.4, -0.2) is 39.3 Å². The third-order valence-electron chi connectivity index (χ3n) is 3.05. The lowest BCUT2D eigenvalue weighted by atomic mass is 10.1. The van der Waals surface area contributed by atoms with Crippen LogP contribution in [0.4, 0.5) is 0 Å². The fourth-order valence-electron chi connectivity index (χ4n) is 2.30. The highest BCUT2D eigenvalue weighted by atomic mass is 16.5. The summed E-state index contributed by atoms with van der Waals surface area (Å²) < 4.78 is 5.25. The molecule has 5 nitrogen and oxygen atoms in total. The first kappa shape index (κ1) is 15.7. The standard InChI is InChI=1S/C16H23N3O2/c1-16(2,20)12-19(3)11-15-17-14(18-21-15)10-9-13-7-5-4-6-8-13/h4-8,20H,9-12H2,1-3H3. The largest absolute Gasteiger partial charge is 0.389 e. The molecule has 0 atom stereocenters. The molecule has 0 radical (unpaired) electrons. The molecular weight excluding hydrogens is 266 g/mol. The van der Waals surface area contributed by atoms with Crippen LogP contribution in [0.2, 0.25) is 0 Å². The van der Waals surface area contributed by atoms with Crippen molar-refractivity contribution in [1.29, 1.82) is 0 Å². The van der Waals surface area contributed by atoms with Crippen molar-refractivity contribution in [2.24, 2.45) is 0 Å². The van der Waals surface area contributed by atoms with Crippen LogP contribution in [0.1, 0.15) is 31.1 Å². The summed E-state index contributed by atoms with van der Waals surface area (Å²) in [7, 11) is 1.92. The van der Waals surface area contributed by atoms with Crippen LogP contribution in [0.5, 0.6) is 0 Å². The fourth-order valence-corrected chi connectivity index (χ4v) is 2.30. The van der Waals surface area contributed by atoms with Crippen LogP contribution < -0.4 is 0 Å². The van der Waals surface area contributed by atoms with Gasteiger partial charge in [0.15, 0.2) is 5.82 Å². The van der Waals surface area contributed by atoms with Gasteiger partial charge in [-0.05, 0) is 32.9 Å². The summed E-state index contributed by atoms with van der Waals surface area (Å²) in [6.07, 6.45) is 1.67. The minimum absolute atomic E-state index is 0.544. The van der Waals surface area contributed by atoms with E-state index in [4.69, 9.17) is 4.52 Å². The van der Waals surface area contributed by atoms with Gasteiger partial charge in [-0.15, -0.1) is 0 Å². The van der Waals surface area contributed by atoms with Crippen molar-refractivity contribution in [3.05, 3.63) is 47.6 Å². The first-order valence-corrected chi connectivity index (χ1v) is 7.19. The van der Waals surface area contributed by atoms with Gasteiger partial charge in [0.2, 0.25) is 5.89 Å². The molecule has 2 rings (SSSR count). The highest BCUT2D eigenvalue weighted by Gasteiger charge is 2.17. The minimum atomic E-state index is -0.731. The number of hydrogen-bond donors (Lipinski definition) is 1. The molecule has 0 saturated carbocycles. The third-order valence-corrected chi connectivity index (χ3v) is 3.05. The first-order valence-electron chi connectivity index (χ1n) is 7.19. The zero-order valence-electron chi connectivity index (χ0n) is 12.9. The molecule has 5 heteroatoms. The number of aryl methyl sites for hydroxylation is 2. The van der Waals surface area contributed by atoms with Gasteiger partial charge in [-0.1, -0.05) is 35.5 Å². The van der Waals surface area contributed by atoms with Crippen LogP contribution in [0.3, 0.4) is 0 Å². The highest BCUT2D eigenvalue weighted by molar-refractivity contribution is 5.15. The maximum atomic E-state index is 9.77. The number of aliphatic hydroxyl groups is 1. The number of rotatable bonds is 7. The van der Waals surface area contributed by atoms with Crippen LogP contribution in [0.15, 0.2) is 34.9 Å². The Labute approximate surface area is 125 Å². The summed E-state index contributed by atoms with van der Waals surface area (Å²) in [5.74, 6) is 1.32. The average molecular weight is 289 g/mol. The summed E-state index contributed by atoms with van der Waals surface area (Å²) in [4.78, 5) is 6.36. The normalized spacial score (nSPS) is 12.0. The number of aromatic nitrogens is 2. The van der Waals surface area contributed by atoms with E-state index in [0.29, 0.717) is 19.0 Å². The lowest BCUT2D eigenvalue weighted by Gasteiger charge is -2.23. The Balaban J connectivity index is 1.84. The summed E-state index contributed by atoms with van der Waals surface area (Å²) in [6.45, 7) is 4.66. The van der Waals surface area contributed by atoms with E-state index >= 15 is 0 Å². The van der Waals surface area contributed by atoms with Gasteiger partial charge >= 0.3 is 0 Å². The SMILES string of the molecule is CN(Cc1nc(CCc2ccccc2)no1)CC(C)(C)O. The lowest BCUT2D eigenvalue weighted by molar-refractivity contribution is 0.0397. The Kier molecular flexibility index (Phi) is 5.09. The monoisotopic (exact) mass is 289 g/mol. The molecule has 1 N–H and O–H groups in total. The van der Waals surface area contributed by atoms with E-state index < -0.39 is 5.60 Å². The highest BCUT2D eigenvalue weighted by Crippen LogP contribution is 2.09. The molecule has 0 unspecified atom stereocenters. The van der Waals surface area contributed by atoms with E-state index in [2.05, 4.69) is 22.3 Å². The zero-order chi connectivity index (χ0) is 15.3. The number of benzene rings is 1. The molecule has 1 heterocycles. The van der Waals surface area contributed by atoms with Crippen LogP contribution in [-0.2, 0) is 19.4 Å². The molecule has 0 aliphatic heterocycles. The molecule has 0 spiro atoms. The van der Waals surface area contributed by atoms with Crippen molar-refractivity contribution in [3.63, 3.8) is 0 Å². The Bertz CT molecular complexity index is 546. The van der Waals surface area contributed by atoms with Crippen LogP contribution >= 0.6 is 0 Å². The number of nitrogens with zero attached hydrogens (tertiary/aromatic N) is 3. The average Bonchev–Trinajstić information content (AvgIpc) is 2.83. The quantitative estimate of drug-likeness (QED) is 0.845. The van der Waals surface area contributed by atoms with Crippen molar-refractivity contribution >= 4 is 0 Å². The van der Waals surface area contributed by atoms with Gasteiger partial charge in [-0.3, -0.25) is 4.90 Å². The first-order chi connectivity index (χ1) is 9.92. The Morgan fingerprint density at radius 3 is 2.57 bits per heavy atom. The lowest BCUT2D eigenvalue weighted by Crippen LogP contribution is -2.35. The summed E-state index contributed by atoms with van der Waals surface area (Å²) in [6, 6.07) is 10.3. The molecule has 114 valence electrons. The van der Waals surface area contributed by atoms with Crippen molar-refractivity contribution in [2.75, 3.05) is 13.6 Å². The molecular formula is C16H23N3O2. The fraction of sp³-hybridized carbons (Fsp3) is 0.500. The van der Waals surface area contributed by atoms with Gasteiger partial charge in [-0.2, -0.15) is 4.98 Å². The molecule has 0 aliphatic carbocycles. The second kappa shape index (κ2) is 6.83. The Morgan fingerprint density at radius 1 is 1.19 bits per heavy atom. The zero-order valence-corrected chi connectivity index (χ0v) is 12.9. The molecule has 0 aliphatic rings. The number of likely N-dealkylation sites (N-methyl/N-ethyl adjacent to an activating group) is 1. The van der Waals surface area contributed by atoms with E-state index in [-0.39, 0.29) is 0 Å². The van der Waals surface area contributed by atoms with Gasteiger partial charge in [0.25, 0.3) is 0 Å². The van der Waals surface area contributed by atoms with Gasteiger partial charge in [0.05, 0.1) is 12.1 Å². The summed E-state index contributed by atoms with van der Waals surface area (Å²) >= 11 is 0. The molecule has 0 saturated heterocycles. The van der Waals surface area contributed by atoms with Gasteiger partial charge < -0.3 is 9.63 Å². The van der Waals surface area contributed by atoms with Gasteiger partial charge in [0.1, 0.15) is 0 Å². The summed E-state index contributed by atoms with van der Waals surface area (Å²) in [5, 5.41) is 13.8. The predicted molar refractivity (Wildman–Crippen MR) is 80.8 cm³/mol. The molecule has 0 fully saturated rings. The smallest absolute Gasteiger partial charge is 0.240 e. The van der Waals surface area contributed by atoms with E-state index in [9.17, 15) is 5.11 Å². The predicted octanol–water partition coefficient (Wildman–Crippen LogP) is 2.06. The van der Waals surface area contributed by atoms with E-state index in [1.165, 1.54) is 5.56 Å². The summed E-state index contributed by atoms with van der Waals surface area (Å²) in [5.41, 5.74) is 0.535. The second-order valence-electron chi connectivity index (χ2n) is 6.07. The minimum Gasteiger partial charge on any atom is -0.389 e.